The third kappa shape index (κ3) is 18.2. The molecule has 4 atom stereocenters. The highest BCUT2D eigenvalue weighted by Gasteiger charge is 2.38. The second-order valence-electron chi connectivity index (χ2n) is 30.8. The number of benzene rings is 5. The highest BCUT2D eigenvalue weighted by atomic mass is 35.5. The van der Waals surface area contributed by atoms with Crippen LogP contribution < -0.4 is 5.73 Å². The zero-order valence-electron chi connectivity index (χ0n) is 69.4. The molecule has 12 heterocycles. The monoisotopic (exact) mass is 1790 g/mol. The lowest BCUT2D eigenvalue weighted by Crippen LogP contribution is -2.25. The smallest absolute Gasteiger partial charge is 0.308 e. The minimum absolute atomic E-state index is 0.0185. The first-order valence-electron chi connectivity index (χ1n) is 39.0. The predicted molar refractivity (Wildman–Crippen MR) is 485 cm³/mol. The number of aromatic hydroxyl groups is 1. The van der Waals surface area contributed by atoms with E-state index in [2.05, 4.69) is 101 Å². The molecule has 13 aromatic rings. The zero-order chi connectivity index (χ0) is 87.2. The van der Waals surface area contributed by atoms with E-state index >= 15 is 0 Å². The van der Waals surface area contributed by atoms with E-state index in [1.165, 1.54) is 25.1 Å². The molecule has 8 aromatic heterocycles. The van der Waals surface area contributed by atoms with Gasteiger partial charge in [0.25, 0.3) is 0 Å². The third-order valence-electron chi connectivity index (χ3n) is 21.0. The SMILES string of the molecule is Cc1sc2c(c1C)C(c1ccc(Cl)cc1)=N[C@@H](CC(=O)CN)c1nnc(C)n1-2.Cc1sc2c(c1C)C(c1ccc(Cl)cc1)=N[C@@H](CC(=O)CN=Cc1ccc(O)cc1)c1nnc(C)n1-2.Cc1sc2c(c1C)C(c1ccc(Cl)cc1)=N[C@@H](CC(=O)O)c1nnc(C)n1-2.Cc1sc2c(c1C)C(c1ccc(Cl)cc1)=N[C@@H](CC(=O)OC(C)(C)C)c1nnc(C)n1-2. The van der Waals surface area contributed by atoms with Crippen LogP contribution in [-0.4, -0.2) is 141 Å². The number of halogens is 4. The predicted octanol–water partition coefficient (Wildman–Crippen LogP) is 19.1. The first-order chi connectivity index (χ1) is 58.1. The molecule has 33 heteroatoms. The van der Waals surface area contributed by atoms with Gasteiger partial charge in [0.05, 0.1) is 48.8 Å². The van der Waals surface area contributed by atoms with E-state index in [0.29, 0.717) is 43.4 Å². The van der Waals surface area contributed by atoms with Crippen LogP contribution in [0.2, 0.25) is 20.1 Å². The van der Waals surface area contributed by atoms with Gasteiger partial charge in [0.1, 0.15) is 84.6 Å². The Kier molecular flexibility index (Phi) is 25.9. The van der Waals surface area contributed by atoms with Crippen LogP contribution in [0, 0.1) is 83.1 Å². The second-order valence-corrected chi connectivity index (χ2v) is 37.3. The summed E-state index contributed by atoms with van der Waals surface area (Å²) in [6, 6.07) is 34.9. The molecule has 0 unspecified atom stereocenters. The van der Waals surface area contributed by atoms with Gasteiger partial charge in [-0.2, -0.15) is 0 Å². The molecule has 4 N–H and O–H groups in total. The molecule has 25 nitrogen and oxygen atoms in total. The number of hydrogen-bond donors (Lipinski definition) is 3. The molecule has 5 aromatic carbocycles. The number of phenols is 1. The normalized spacial score (nSPS) is 15.4. The van der Waals surface area contributed by atoms with Crippen molar-refractivity contribution in [3.63, 3.8) is 0 Å². The highest BCUT2D eigenvalue weighted by Crippen LogP contribution is 2.45. The fraction of sp³-hybridized carbons (Fsp3) is 0.292. The first-order valence-corrected chi connectivity index (χ1v) is 43.8. The van der Waals surface area contributed by atoms with Gasteiger partial charge in [-0.1, -0.05) is 94.9 Å². The van der Waals surface area contributed by atoms with Crippen molar-refractivity contribution in [3.05, 3.63) is 280 Å². The number of aromatic nitrogens is 12. The number of carbonyl (C=O) groups is 4. The van der Waals surface area contributed by atoms with Crippen molar-refractivity contribution in [3.8, 4) is 25.8 Å². The van der Waals surface area contributed by atoms with Gasteiger partial charge in [0, 0.05) is 103 Å². The number of hydrogen-bond acceptors (Lipinski definition) is 24. The molecule has 0 bridgehead atoms. The lowest BCUT2D eigenvalue weighted by molar-refractivity contribution is -0.155. The molecule has 0 saturated heterocycles. The molecule has 4 aliphatic rings. The number of aryl methyl sites for hydroxylation is 8. The number of nitrogens with zero attached hydrogens (tertiary/aromatic N) is 17. The molecule has 122 heavy (non-hydrogen) atoms. The molecule has 0 radical (unpaired) electrons. The molecule has 0 aliphatic carbocycles. The molecule has 4 aliphatic heterocycles. The van der Waals surface area contributed by atoms with Gasteiger partial charge in [-0.25, -0.2) is 0 Å². The standard InChI is InChI=1S/C27H24ClN5O2S.C23H25ClN4O2S.C20H20ClN5OS.C19H17ClN4O2S/c1-15-16(2)36-27-24(15)25(19-6-8-20(28)9-7-19)30-23(26-32-31-17(3)33(26)27)12-22(35)14-29-13-18-4-10-21(34)11-5-18;1-12-13(2)31-22-19(12)20(15-7-9-16(24)10-8-15)25-17(11-18(29)30-23(4,5)6)21-27-26-14(3)28(21)22;1-10-11(2)28-20-17(10)18(13-4-6-14(21)7-5-13)23-16(8-15(27)9-22)19-25-24-12(3)26(19)20;1-9-10(2)27-19-16(9)17(12-4-6-13(20)7-5-12)21-14(8-15(25)26)18-23-22-11(3)24(18)19/h4-11,13,23,34H,12,14H2,1-3H3;7-10,17H,11H2,1-6H3;4-7,16H,8-9,22H2,1-3H3;4-7,14H,8H2,1-3H3,(H,25,26)/t23-;17-;16-;14-/m0000/s1. The van der Waals surface area contributed by atoms with Crippen molar-refractivity contribution >= 4 is 144 Å². The third-order valence-corrected chi connectivity index (χ3v) is 26.8. The van der Waals surface area contributed by atoms with Crippen LogP contribution in [0.15, 0.2) is 146 Å². The van der Waals surface area contributed by atoms with Gasteiger partial charge in [0.15, 0.2) is 29.1 Å². The maximum atomic E-state index is 13.0. The lowest BCUT2D eigenvalue weighted by atomic mass is 9.99. The number of carboxylic acids is 1. The van der Waals surface area contributed by atoms with Gasteiger partial charge < -0.3 is 20.7 Å². The van der Waals surface area contributed by atoms with Crippen molar-refractivity contribution in [2.75, 3.05) is 13.1 Å². The molecule has 0 fully saturated rings. The number of Topliss-reactive ketones (excluding diaryl/α,β-unsaturated/α-hetero) is 2. The summed E-state index contributed by atoms with van der Waals surface area (Å²) >= 11 is 31.1. The fourth-order valence-corrected chi connectivity index (χ4v) is 20.0. The average Bonchev–Trinajstić information content (AvgIpc) is 1.61. The summed E-state index contributed by atoms with van der Waals surface area (Å²) in [6.45, 7) is 29.9. The van der Waals surface area contributed by atoms with Gasteiger partial charge in [-0.15, -0.1) is 86.1 Å². The number of carboxylic acid groups (broad SMARTS) is 1. The van der Waals surface area contributed by atoms with E-state index < -0.39 is 35.7 Å². The van der Waals surface area contributed by atoms with Crippen LogP contribution in [0.5, 0.6) is 5.75 Å². The van der Waals surface area contributed by atoms with E-state index in [-0.39, 0.29) is 62.1 Å². The topological polar surface area (TPSA) is 329 Å². The molecular formula is C89H86Cl4N18O7S4. The molecular weight excluding hydrogens is 1700 g/mol. The Morgan fingerprint density at radius 2 is 0.697 bits per heavy atom. The average molecular weight is 1790 g/mol. The van der Waals surface area contributed by atoms with E-state index in [4.69, 9.17) is 76.8 Å². The summed E-state index contributed by atoms with van der Waals surface area (Å²) in [5.41, 5.74) is 21.5. The molecule has 0 saturated carbocycles. The highest BCUT2D eigenvalue weighted by molar-refractivity contribution is 7.16. The molecule has 17 rings (SSSR count). The number of esters is 1. The van der Waals surface area contributed by atoms with Crippen LogP contribution in [0.4, 0.5) is 0 Å². The van der Waals surface area contributed by atoms with Gasteiger partial charge in [-0.05, 0) is 204 Å². The minimum Gasteiger partial charge on any atom is -0.508 e. The maximum Gasteiger partial charge on any atom is 0.308 e. The largest absolute Gasteiger partial charge is 0.508 e. The van der Waals surface area contributed by atoms with Crippen molar-refractivity contribution in [1.29, 1.82) is 0 Å². The van der Waals surface area contributed by atoms with E-state index in [1.807, 2.05) is 164 Å². The molecule has 0 spiro atoms. The Balaban J connectivity index is 0.000000134. The van der Waals surface area contributed by atoms with Crippen LogP contribution >= 0.6 is 91.8 Å². The fourth-order valence-electron chi connectivity index (χ4n) is 14.6. The summed E-state index contributed by atoms with van der Waals surface area (Å²) < 4.78 is 13.6. The number of phenolic OH excluding ortho intramolecular Hbond substituents is 1. The number of aliphatic imine (C=N–C) groups is 5. The van der Waals surface area contributed by atoms with Crippen molar-refractivity contribution in [2.24, 2.45) is 30.7 Å². The maximum absolute atomic E-state index is 13.0. The molecule has 626 valence electrons. The summed E-state index contributed by atoms with van der Waals surface area (Å²) in [6.07, 6.45) is 1.90. The van der Waals surface area contributed by atoms with Gasteiger partial charge >= 0.3 is 11.9 Å². The number of rotatable bonds is 16. The Morgan fingerprint density at radius 3 is 0.975 bits per heavy atom. The van der Waals surface area contributed by atoms with Crippen LogP contribution in [0.3, 0.4) is 0 Å². The number of ketones is 2. The summed E-state index contributed by atoms with van der Waals surface area (Å²) in [5.74, 6) is 4.36. The number of fused-ring (bicyclic) bond motifs is 12. The number of ether oxygens (including phenoxy) is 1. The van der Waals surface area contributed by atoms with Crippen LogP contribution in [-0.2, 0) is 23.9 Å². The molecule has 0 amide bonds. The van der Waals surface area contributed by atoms with E-state index in [0.717, 1.165) is 133 Å². The number of thiophene rings is 4. The van der Waals surface area contributed by atoms with E-state index in [9.17, 15) is 29.4 Å². The summed E-state index contributed by atoms with van der Waals surface area (Å²) in [7, 11) is 0. The van der Waals surface area contributed by atoms with Crippen molar-refractivity contribution in [2.45, 2.75) is 159 Å². The summed E-state index contributed by atoms with van der Waals surface area (Å²) in [5, 5.41) is 60.0. The first kappa shape index (κ1) is 87.4. The van der Waals surface area contributed by atoms with Gasteiger partial charge in [0.2, 0.25) is 0 Å². The zero-order valence-corrected chi connectivity index (χ0v) is 75.7. The van der Waals surface area contributed by atoms with Crippen LogP contribution in [0.1, 0.15) is 209 Å². The van der Waals surface area contributed by atoms with Crippen molar-refractivity contribution < 1.29 is 34.1 Å². The van der Waals surface area contributed by atoms with Gasteiger partial charge in [-0.3, -0.25) is 62.4 Å². The Labute approximate surface area is 740 Å². The Morgan fingerprint density at radius 1 is 0.418 bits per heavy atom. The van der Waals surface area contributed by atoms with Crippen molar-refractivity contribution in [1.82, 2.24) is 59.1 Å². The second kappa shape index (κ2) is 36.2. The lowest BCUT2D eigenvalue weighted by Gasteiger charge is -2.21. The van der Waals surface area contributed by atoms with E-state index in [1.54, 1.807) is 75.8 Å². The number of aliphatic carboxylic acids is 1. The Bertz CT molecular complexity index is 6390. The minimum atomic E-state index is -0.926. The summed E-state index contributed by atoms with van der Waals surface area (Å²) in [4.78, 5) is 78.5. The Hall–Kier alpha value is -11.0. The number of nitrogens with two attached hydrogens (primary N) is 1. The van der Waals surface area contributed by atoms with Crippen LogP contribution in [0.25, 0.3) is 20.0 Å². The quantitative estimate of drug-likeness (QED) is 0.0598. The number of carbonyl (C=O) groups excluding carboxylic acids is 3.